The molecule has 5 nitrogen and oxygen atoms in total. The Morgan fingerprint density at radius 2 is 2.33 bits per heavy atom. The van der Waals surface area contributed by atoms with Crippen LogP contribution < -0.4 is 11.1 Å². The molecule has 15 heavy (non-hydrogen) atoms. The highest BCUT2D eigenvalue weighted by Gasteiger charge is 2.18. The zero-order valence-corrected chi connectivity index (χ0v) is 9.20. The van der Waals surface area contributed by atoms with Gasteiger partial charge in [-0.1, -0.05) is 13.3 Å². The van der Waals surface area contributed by atoms with Crippen LogP contribution in [-0.2, 0) is 0 Å². The van der Waals surface area contributed by atoms with E-state index < -0.39 is 5.60 Å². The van der Waals surface area contributed by atoms with Crippen LogP contribution >= 0.6 is 0 Å². The quantitative estimate of drug-likeness (QED) is 0.675. The summed E-state index contributed by atoms with van der Waals surface area (Å²) in [4.78, 5) is 7.77. The van der Waals surface area contributed by atoms with Crippen molar-refractivity contribution >= 4 is 11.8 Å². The van der Waals surface area contributed by atoms with E-state index >= 15 is 0 Å². The minimum absolute atomic E-state index is 0.232. The van der Waals surface area contributed by atoms with Gasteiger partial charge < -0.3 is 16.2 Å². The average Bonchev–Trinajstić information content (AvgIpc) is 2.15. The molecule has 84 valence electrons. The fourth-order valence-electron chi connectivity index (χ4n) is 1.38. The number of nitrogen functional groups attached to an aromatic ring is 1. The molecule has 0 spiro atoms. The highest BCUT2D eigenvalue weighted by Crippen LogP contribution is 2.13. The second-order valence-electron chi connectivity index (χ2n) is 3.90. The maximum atomic E-state index is 9.91. The van der Waals surface area contributed by atoms with E-state index in [4.69, 9.17) is 5.73 Å². The molecule has 0 fully saturated rings. The first kappa shape index (κ1) is 11.7. The van der Waals surface area contributed by atoms with Crippen LogP contribution in [0, 0.1) is 0 Å². The third kappa shape index (κ3) is 4.12. The molecule has 0 aliphatic rings. The van der Waals surface area contributed by atoms with E-state index in [9.17, 15) is 5.11 Å². The zero-order chi connectivity index (χ0) is 11.3. The van der Waals surface area contributed by atoms with Crippen LogP contribution in [0.3, 0.4) is 0 Å². The topological polar surface area (TPSA) is 84.1 Å². The van der Waals surface area contributed by atoms with Crippen molar-refractivity contribution in [1.82, 2.24) is 9.97 Å². The highest BCUT2D eigenvalue weighted by molar-refractivity contribution is 5.37. The predicted molar refractivity (Wildman–Crippen MR) is 60.5 cm³/mol. The molecule has 1 aromatic rings. The smallest absolute Gasteiger partial charge is 0.221 e. The Morgan fingerprint density at radius 3 is 2.93 bits per heavy atom. The maximum Gasteiger partial charge on any atom is 0.221 e. The van der Waals surface area contributed by atoms with Gasteiger partial charge in [0.2, 0.25) is 5.95 Å². The van der Waals surface area contributed by atoms with E-state index in [-0.39, 0.29) is 5.95 Å². The van der Waals surface area contributed by atoms with Crippen molar-refractivity contribution in [3.8, 4) is 0 Å². The second-order valence-corrected chi connectivity index (χ2v) is 3.90. The Labute approximate surface area is 89.7 Å². The van der Waals surface area contributed by atoms with Crippen molar-refractivity contribution in [3.05, 3.63) is 12.3 Å². The molecule has 0 radical (unpaired) electrons. The van der Waals surface area contributed by atoms with Crippen LogP contribution in [-0.4, -0.2) is 27.2 Å². The normalized spacial score (nSPS) is 14.6. The standard InChI is InChI=1S/C10H18N4O/c1-3-5-10(2,15)7-13-8-4-6-12-9(11)14-8/h4,6,15H,3,5,7H2,1-2H3,(H3,11,12,13,14). The number of aliphatic hydroxyl groups is 1. The Bertz CT molecular complexity index is 314. The molecule has 0 saturated heterocycles. The van der Waals surface area contributed by atoms with Crippen LogP contribution in [0.15, 0.2) is 12.3 Å². The maximum absolute atomic E-state index is 9.91. The van der Waals surface area contributed by atoms with Crippen molar-refractivity contribution in [2.75, 3.05) is 17.6 Å². The third-order valence-electron chi connectivity index (χ3n) is 2.11. The number of rotatable bonds is 5. The van der Waals surface area contributed by atoms with Gasteiger partial charge in [-0.15, -0.1) is 0 Å². The number of nitrogens with two attached hydrogens (primary N) is 1. The number of nitrogens with one attached hydrogen (secondary N) is 1. The molecule has 0 saturated carbocycles. The van der Waals surface area contributed by atoms with Gasteiger partial charge in [0.25, 0.3) is 0 Å². The SMILES string of the molecule is CCCC(C)(O)CNc1ccnc(N)n1. The van der Waals surface area contributed by atoms with E-state index in [1.165, 1.54) is 0 Å². The van der Waals surface area contributed by atoms with Crippen molar-refractivity contribution in [2.45, 2.75) is 32.3 Å². The van der Waals surface area contributed by atoms with Gasteiger partial charge in [-0.3, -0.25) is 0 Å². The lowest BCUT2D eigenvalue weighted by Crippen LogP contribution is -2.33. The summed E-state index contributed by atoms with van der Waals surface area (Å²) in [6.45, 7) is 4.29. The van der Waals surface area contributed by atoms with Gasteiger partial charge in [0.15, 0.2) is 0 Å². The van der Waals surface area contributed by atoms with Gasteiger partial charge >= 0.3 is 0 Å². The molecule has 0 amide bonds. The summed E-state index contributed by atoms with van der Waals surface area (Å²) in [5.41, 5.74) is 4.72. The first-order chi connectivity index (χ1) is 7.03. The van der Waals surface area contributed by atoms with E-state index in [1.807, 2.05) is 6.92 Å². The Balaban J connectivity index is 2.49. The predicted octanol–water partition coefficient (Wildman–Crippen LogP) is 1.02. The summed E-state index contributed by atoms with van der Waals surface area (Å²) in [6.07, 6.45) is 3.28. The summed E-state index contributed by atoms with van der Waals surface area (Å²) in [7, 11) is 0. The number of hydrogen-bond donors (Lipinski definition) is 3. The lowest BCUT2D eigenvalue weighted by atomic mass is 10.0. The zero-order valence-electron chi connectivity index (χ0n) is 9.20. The molecule has 5 heteroatoms. The summed E-state index contributed by atoms with van der Waals surface area (Å²) in [5.74, 6) is 0.869. The fourth-order valence-corrected chi connectivity index (χ4v) is 1.38. The van der Waals surface area contributed by atoms with Gasteiger partial charge in [-0.2, -0.15) is 4.98 Å². The minimum atomic E-state index is -0.714. The van der Waals surface area contributed by atoms with E-state index in [0.717, 1.165) is 12.8 Å². The second kappa shape index (κ2) is 4.93. The van der Waals surface area contributed by atoms with Crippen LogP contribution in [0.4, 0.5) is 11.8 Å². The van der Waals surface area contributed by atoms with Crippen molar-refractivity contribution in [1.29, 1.82) is 0 Å². The summed E-state index contributed by atoms with van der Waals surface area (Å²) in [5, 5.41) is 12.9. The summed E-state index contributed by atoms with van der Waals surface area (Å²) in [6, 6.07) is 1.72. The number of nitrogens with zero attached hydrogens (tertiary/aromatic N) is 2. The molecular formula is C10H18N4O. The first-order valence-electron chi connectivity index (χ1n) is 5.08. The molecule has 1 aromatic heterocycles. The Morgan fingerprint density at radius 1 is 1.60 bits per heavy atom. The average molecular weight is 210 g/mol. The van der Waals surface area contributed by atoms with Crippen LogP contribution in [0.25, 0.3) is 0 Å². The number of hydrogen-bond acceptors (Lipinski definition) is 5. The molecule has 0 aromatic carbocycles. The summed E-state index contributed by atoms with van der Waals surface area (Å²) >= 11 is 0. The molecule has 4 N–H and O–H groups in total. The monoisotopic (exact) mass is 210 g/mol. The largest absolute Gasteiger partial charge is 0.388 e. The molecular weight excluding hydrogens is 192 g/mol. The van der Waals surface area contributed by atoms with Gasteiger partial charge in [0.05, 0.1) is 5.60 Å². The lowest BCUT2D eigenvalue weighted by molar-refractivity contribution is 0.0636. The van der Waals surface area contributed by atoms with E-state index in [2.05, 4.69) is 15.3 Å². The molecule has 1 heterocycles. The first-order valence-corrected chi connectivity index (χ1v) is 5.08. The highest BCUT2D eigenvalue weighted by atomic mass is 16.3. The van der Waals surface area contributed by atoms with Gasteiger partial charge in [-0.05, 0) is 19.4 Å². The molecule has 1 rings (SSSR count). The molecule has 1 atom stereocenters. The van der Waals surface area contributed by atoms with Crippen LogP contribution in [0.5, 0.6) is 0 Å². The van der Waals surface area contributed by atoms with E-state index in [0.29, 0.717) is 12.4 Å². The lowest BCUT2D eigenvalue weighted by Gasteiger charge is -2.23. The van der Waals surface area contributed by atoms with Crippen LogP contribution in [0.1, 0.15) is 26.7 Å². The Kier molecular flexibility index (Phi) is 3.85. The Hall–Kier alpha value is -1.36. The van der Waals surface area contributed by atoms with Crippen LogP contribution in [0.2, 0.25) is 0 Å². The number of aromatic nitrogens is 2. The molecule has 1 unspecified atom stereocenters. The molecule has 0 bridgehead atoms. The minimum Gasteiger partial charge on any atom is -0.388 e. The van der Waals surface area contributed by atoms with Gasteiger partial charge in [-0.25, -0.2) is 4.98 Å². The van der Waals surface area contributed by atoms with Gasteiger partial charge in [0, 0.05) is 12.7 Å². The molecule has 0 aliphatic carbocycles. The van der Waals surface area contributed by atoms with E-state index in [1.54, 1.807) is 19.2 Å². The fraction of sp³-hybridized carbons (Fsp3) is 0.600. The molecule has 0 aliphatic heterocycles. The van der Waals surface area contributed by atoms with Crippen molar-refractivity contribution < 1.29 is 5.11 Å². The number of anilines is 2. The van der Waals surface area contributed by atoms with Crippen molar-refractivity contribution in [3.63, 3.8) is 0 Å². The third-order valence-corrected chi connectivity index (χ3v) is 2.11. The van der Waals surface area contributed by atoms with Gasteiger partial charge in [0.1, 0.15) is 5.82 Å². The van der Waals surface area contributed by atoms with Crippen molar-refractivity contribution in [2.24, 2.45) is 0 Å². The summed E-state index contributed by atoms with van der Waals surface area (Å²) < 4.78 is 0.